The summed E-state index contributed by atoms with van der Waals surface area (Å²) in [5, 5.41) is 38.4. The Morgan fingerprint density at radius 2 is 0.786 bits per heavy atom. The summed E-state index contributed by atoms with van der Waals surface area (Å²) < 4.78 is 67.2. The number of rotatable bonds is 8. The summed E-state index contributed by atoms with van der Waals surface area (Å²) >= 11 is 0. The van der Waals surface area contributed by atoms with E-state index in [1.807, 2.05) is 0 Å². The van der Waals surface area contributed by atoms with E-state index in [2.05, 4.69) is 20.5 Å². The molecule has 4 aromatic rings. The molecule has 0 aliphatic heterocycles. The van der Waals surface area contributed by atoms with Gasteiger partial charge >= 0.3 is 59.1 Å². The summed E-state index contributed by atoms with van der Waals surface area (Å²) in [4.78, 5) is -0.992. The molecule has 0 amide bonds. The Hall–Kier alpha value is -2.76. The van der Waals surface area contributed by atoms with Crippen LogP contribution in [-0.4, -0.2) is 25.9 Å². The van der Waals surface area contributed by atoms with Gasteiger partial charge in [-0.15, -0.1) is 11.5 Å². The maximum atomic E-state index is 12.0. The van der Waals surface area contributed by atoms with Gasteiger partial charge in [0.25, 0.3) is 20.2 Å². The van der Waals surface area contributed by atoms with Crippen LogP contribution in [0.5, 0.6) is 11.5 Å². The molecule has 0 saturated carbocycles. The fourth-order valence-corrected chi connectivity index (χ4v) is 4.69. The van der Waals surface area contributed by atoms with Gasteiger partial charge in [-0.1, -0.05) is 36.4 Å². The van der Waals surface area contributed by atoms with E-state index in [0.29, 0.717) is 11.4 Å². The van der Waals surface area contributed by atoms with Gasteiger partial charge in [-0.05, 0) is 71.8 Å². The third kappa shape index (κ3) is 9.91. The Kier molecular flexibility index (Phi) is 12.7. The van der Waals surface area contributed by atoms with E-state index in [0.717, 1.165) is 12.1 Å². The van der Waals surface area contributed by atoms with Gasteiger partial charge in [-0.3, -0.25) is 9.11 Å². The van der Waals surface area contributed by atoms with Crippen LogP contribution in [0.2, 0.25) is 0 Å². The zero-order valence-electron chi connectivity index (χ0n) is 22.2. The molecule has 16 heteroatoms. The smallest absolute Gasteiger partial charge is 0.872 e. The van der Waals surface area contributed by atoms with Crippen LogP contribution < -0.4 is 69.3 Å². The van der Waals surface area contributed by atoms with Crippen LogP contribution in [0.4, 0.5) is 22.7 Å². The molecule has 42 heavy (non-hydrogen) atoms. The van der Waals surface area contributed by atoms with Gasteiger partial charge in [0.1, 0.15) is 9.79 Å². The predicted molar refractivity (Wildman–Crippen MR) is 142 cm³/mol. The molecule has 0 spiro atoms. The van der Waals surface area contributed by atoms with E-state index in [9.17, 15) is 36.2 Å². The number of hydrogen-bond acceptors (Lipinski definition) is 10. The van der Waals surface area contributed by atoms with E-state index in [4.69, 9.17) is 0 Å². The first-order valence-electron chi connectivity index (χ1n) is 11.2. The van der Waals surface area contributed by atoms with Crippen molar-refractivity contribution in [1.29, 1.82) is 0 Å². The Labute approximate surface area is 285 Å². The van der Waals surface area contributed by atoms with Gasteiger partial charge in [0, 0.05) is 0 Å². The minimum Gasteiger partial charge on any atom is -0.872 e. The van der Waals surface area contributed by atoms with E-state index in [-0.39, 0.29) is 93.1 Å². The molecular formula is C26H18N4Na2O8S2. The van der Waals surface area contributed by atoms with Crippen LogP contribution in [-0.2, 0) is 20.2 Å². The topological polar surface area (TPSA) is 204 Å². The van der Waals surface area contributed by atoms with Gasteiger partial charge in [-0.25, -0.2) is 0 Å². The third-order valence-electron chi connectivity index (χ3n) is 5.22. The van der Waals surface area contributed by atoms with Crippen LogP contribution in [0, 0.1) is 0 Å². The molecule has 0 aliphatic carbocycles. The Bertz CT molecular complexity index is 1730. The van der Waals surface area contributed by atoms with Crippen molar-refractivity contribution >= 4 is 55.1 Å². The van der Waals surface area contributed by atoms with Crippen LogP contribution in [0.1, 0.15) is 11.1 Å². The first kappa shape index (κ1) is 35.4. The number of nitrogens with zero attached hydrogens (tertiary/aromatic N) is 4. The molecule has 0 unspecified atom stereocenters. The van der Waals surface area contributed by atoms with Crippen LogP contribution in [0.3, 0.4) is 0 Å². The second-order valence-electron chi connectivity index (χ2n) is 8.12. The molecule has 0 radical (unpaired) electrons. The summed E-state index contributed by atoms with van der Waals surface area (Å²) in [5.74, 6) is -0.423. The molecule has 0 atom stereocenters. The summed E-state index contributed by atoms with van der Waals surface area (Å²) in [6.45, 7) is 0. The van der Waals surface area contributed by atoms with Gasteiger partial charge in [-0.2, -0.15) is 37.3 Å². The molecule has 0 saturated heterocycles. The van der Waals surface area contributed by atoms with E-state index in [1.54, 1.807) is 0 Å². The molecule has 0 bridgehead atoms. The van der Waals surface area contributed by atoms with Gasteiger partial charge in [0.05, 0.1) is 22.7 Å². The normalized spacial score (nSPS) is 12.0. The quantitative estimate of drug-likeness (QED) is 0.111. The second-order valence-corrected chi connectivity index (χ2v) is 10.9. The van der Waals surface area contributed by atoms with Crippen molar-refractivity contribution in [3.05, 3.63) is 96.1 Å². The Morgan fingerprint density at radius 1 is 0.500 bits per heavy atom. The molecule has 0 fully saturated rings. The van der Waals surface area contributed by atoms with Crippen molar-refractivity contribution in [3.63, 3.8) is 0 Å². The second kappa shape index (κ2) is 15.1. The minimum atomic E-state index is -4.70. The van der Waals surface area contributed by atoms with Gasteiger partial charge < -0.3 is 10.2 Å². The van der Waals surface area contributed by atoms with E-state index in [1.165, 1.54) is 84.9 Å². The molecule has 0 aromatic heterocycles. The third-order valence-corrected chi connectivity index (χ3v) is 7.08. The van der Waals surface area contributed by atoms with Crippen LogP contribution in [0.15, 0.2) is 115 Å². The maximum Gasteiger partial charge on any atom is 1.00 e. The molecular weight excluding hydrogens is 606 g/mol. The van der Waals surface area contributed by atoms with Crippen molar-refractivity contribution in [1.82, 2.24) is 0 Å². The average Bonchev–Trinajstić information content (AvgIpc) is 2.90. The zero-order valence-corrected chi connectivity index (χ0v) is 27.8. The fraction of sp³-hybridized carbons (Fsp3) is 0. The maximum absolute atomic E-state index is 12.0. The monoisotopic (exact) mass is 624 g/mol. The summed E-state index contributed by atoms with van der Waals surface area (Å²) in [5.41, 5.74) is 0.950. The van der Waals surface area contributed by atoms with Gasteiger partial charge in [0.2, 0.25) is 0 Å². The average molecular weight is 625 g/mol. The van der Waals surface area contributed by atoms with Crippen molar-refractivity contribution in [2.45, 2.75) is 9.79 Å². The van der Waals surface area contributed by atoms with Crippen molar-refractivity contribution in [2.75, 3.05) is 0 Å². The standard InChI is InChI=1S/C26H20N4O8S2.2Na/c31-23-9-3-19(4-10-23)27-29-21-7-13-25(39(33,34)35)17(15-21)1-2-18-16-22(8-14-26(18)40(36,37)38)30-28-20-5-11-24(32)12-6-20;;/h1-16,31-32H,(H,33,34,35)(H,36,37,38);;/q;2*+1/p-2. The molecule has 4 aromatic carbocycles. The molecule has 0 heterocycles. The summed E-state index contributed by atoms with van der Waals surface area (Å²) in [6.07, 6.45) is 2.40. The predicted octanol–water partition coefficient (Wildman–Crippen LogP) is -0.664. The first-order chi connectivity index (χ1) is 18.9. The van der Waals surface area contributed by atoms with Crippen LogP contribution >= 0.6 is 0 Å². The minimum absolute atomic E-state index is 0. The van der Waals surface area contributed by atoms with Crippen LogP contribution in [0.25, 0.3) is 12.2 Å². The molecule has 204 valence electrons. The van der Waals surface area contributed by atoms with Crippen molar-refractivity contribution in [2.24, 2.45) is 20.5 Å². The number of benzene rings is 4. The first-order valence-corrected chi connectivity index (χ1v) is 14.1. The summed E-state index contributed by atoms with van der Waals surface area (Å²) in [6, 6.07) is 18.3. The number of hydrogen-bond donors (Lipinski definition) is 2. The molecule has 12 nitrogen and oxygen atoms in total. The van der Waals surface area contributed by atoms with E-state index >= 15 is 0 Å². The Balaban J connectivity index is 0.00000308. The molecule has 4 rings (SSSR count). The molecule has 2 N–H and O–H groups in total. The number of azo groups is 2. The van der Waals surface area contributed by atoms with Crippen molar-refractivity contribution in [3.8, 4) is 11.5 Å². The van der Waals surface area contributed by atoms with Gasteiger partial charge in [0.15, 0.2) is 0 Å². The van der Waals surface area contributed by atoms with Crippen molar-refractivity contribution < 1.29 is 95.3 Å². The summed E-state index contributed by atoms with van der Waals surface area (Å²) in [7, 11) is -9.39. The Morgan fingerprint density at radius 3 is 1.10 bits per heavy atom. The fourth-order valence-electron chi connectivity index (χ4n) is 3.36. The SMILES string of the molecule is O=S(=O)(O)c1ccc(N=Nc2ccc([O-])cc2)cc1C=Cc1cc(N=Nc2ccc([O-])cc2)ccc1S(=O)(=O)O.[Na+].[Na+]. The largest absolute Gasteiger partial charge is 1.00 e. The molecule has 0 aliphatic rings. The zero-order chi connectivity index (χ0) is 28.9. The van der Waals surface area contributed by atoms with E-state index < -0.39 is 30.0 Å².